The van der Waals surface area contributed by atoms with Crippen LogP contribution in [0, 0.1) is 6.92 Å². The lowest BCUT2D eigenvalue weighted by molar-refractivity contribution is 0.0928. The number of hydrogen-bond donors (Lipinski definition) is 3. The zero-order valence-electron chi connectivity index (χ0n) is 26.4. The first-order valence-electron chi connectivity index (χ1n) is 16.0. The van der Waals surface area contributed by atoms with Crippen LogP contribution in [0.15, 0.2) is 65.2 Å². The molecule has 1 fully saturated rings. The molecule has 2 amide bonds. The Labute approximate surface area is 271 Å². The molecule has 242 valence electrons. The lowest BCUT2D eigenvalue weighted by atomic mass is 9.81. The van der Waals surface area contributed by atoms with Crippen molar-refractivity contribution in [3.05, 3.63) is 89.1 Å². The van der Waals surface area contributed by atoms with Gasteiger partial charge in [-0.15, -0.1) is 0 Å². The third kappa shape index (κ3) is 6.13. The van der Waals surface area contributed by atoms with Crippen LogP contribution in [0.5, 0.6) is 11.5 Å². The van der Waals surface area contributed by atoms with Crippen molar-refractivity contribution in [3.8, 4) is 22.8 Å². The van der Waals surface area contributed by atoms with E-state index in [1.54, 1.807) is 38.3 Å². The molecule has 11 heteroatoms. The molecule has 0 radical (unpaired) electrons. The minimum Gasteiger partial charge on any atom is -0.497 e. The van der Waals surface area contributed by atoms with Gasteiger partial charge < -0.3 is 29.0 Å². The smallest absolute Gasteiger partial charge is 0.409 e. The number of fused-ring (bicyclic) bond motifs is 5. The molecule has 0 saturated heterocycles. The van der Waals surface area contributed by atoms with Gasteiger partial charge in [0.05, 0.1) is 19.3 Å². The van der Waals surface area contributed by atoms with Gasteiger partial charge in [0.1, 0.15) is 24.1 Å². The Morgan fingerprint density at radius 1 is 1.06 bits per heavy atom. The highest BCUT2D eigenvalue weighted by Gasteiger charge is 2.30. The van der Waals surface area contributed by atoms with Gasteiger partial charge in [-0.3, -0.25) is 10.1 Å². The average molecular weight is 636 g/mol. The van der Waals surface area contributed by atoms with Crippen LogP contribution in [0.3, 0.4) is 0 Å². The van der Waals surface area contributed by atoms with Crippen LogP contribution in [0.25, 0.3) is 22.2 Å². The average Bonchev–Trinajstić information content (AvgIpc) is 3.60. The van der Waals surface area contributed by atoms with Gasteiger partial charge in [-0.1, -0.05) is 42.6 Å². The predicted octanol–water partition coefficient (Wildman–Crippen LogP) is 7.25. The number of nitrogens with zero attached hydrogens (tertiary/aromatic N) is 3. The second-order valence-electron chi connectivity index (χ2n) is 12.2. The lowest BCUT2D eigenvalue weighted by Crippen LogP contribution is -2.30. The van der Waals surface area contributed by atoms with Crippen LogP contribution >= 0.6 is 0 Å². The predicted molar refractivity (Wildman–Crippen MR) is 176 cm³/mol. The van der Waals surface area contributed by atoms with Crippen LogP contribution in [-0.4, -0.2) is 45.5 Å². The van der Waals surface area contributed by atoms with E-state index >= 15 is 0 Å². The number of rotatable bonds is 8. The number of carbonyl (C=O) groups is 2. The van der Waals surface area contributed by atoms with Crippen molar-refractivity contribution in [3.63, 3.8) is 0 Å². The second-order valence-corrected chi connectivity index (χ2v) is 12.2. The Hall–Kier alpha value is -5.32. The number of anilines is 1. The van der Waals surface area contributed by atoms with Gasteiger partial charge in [-0.2, -0.15) is 4.98 Å². The van der Waals surface area contributed by atoms with Crippen molar-refractivity contribution in [1.82, 2.24) is 20.0 Å². The first kappa shape index (κ1) is 30.3. The number of aromatic nitrogens is 3. The minimum atomic E-state index is -1.14. The number of carbonyl (C=O) groups excluding carboxylic acids is 1. The molecule has 1 aliphatic heterocycles. The topological polar surface area (TPSA) is 141 Å². The van der Waals surface area contributed by atoms with Gasteiger partial charge in [-0.25, -0.2) is 4.79 Å². The Bertz CT molecular complexity index is 1940. The number of amides is 2. The summed E-state index contributed by atoms with van der Waals surface area (Å²) in [7, 11) is 1.66. The highest BCUT2D eigenvalue weighted by molar-refractivity contribution is 6.01. The van der Waals surface area contributed by atoms with Crippen molar-refractivity contribution in [2.75, 3.05) is 19.0 Å². The van der Waals surface area contributed by atoms with Crippen molar-refractivity contribution in [2.45, 2.75) is 64.0 Å². The van der Waals surface area contributed by atoms with Crippen LogP contribution in [0.2, 0.25) is 0 Å². The van der Waals surface area contributed by atoms with E-state index in [4.69, 9.17) is 19.1 Å². The Balaban J connectivity index is 1.25. The summed E-state index contributed by atoms with van der Waals surface area (Å²) >= 11 is 0. The number of carboxylic acid groups (broad SMARTS) is 1. The zero-order valence-corrected chi connectivity index (χ0v) is 26.4. The fraction of sp³-hybridized carbons (Fsp3) is 0.333. The molecule has 1 saturated carbocycles. The number of nitrogens with one attached hydrogen (secondary N) is 2. The molecule has 3 aromatic carbocycles. The molecule has 5 aromatic rings. The van der Waals surface area contributed by atoms with Crippen molar-refractivity contribution in [2.24, 2.45) is 0 Å². The molecule has 1 aliphatic carbocycles. The van der Waals surface area contributed by atoms with E-state index in [1.165, 1.54) is 35.9 Å². The van der Waals surface area contributed by atoms with Crippen LogP contribution in [0.1, 0.15) is 77.3 Å². The summed E-state index contributed by atoms with van der Waals surface area (Å²) in [4.78, 5) is 29.4. The third-order valence-electron chi connectivity index (χ3n) is 9.19. The Morgan fingerprint density at radius 3 is 2.60 bits per heavy atom. The Kier molecular flexibility index (Phi) is 8.28. The zero-order chi connectivity index (χ0) is 32.5. The van der Waals surface area contributed by atoms with Gasteiger partial charge in [0.15, 0.2) is 5.82 Å². The third-order valence-corrected chi connectivity index (χ3v) is 9.19. The van der Waals surface area contributed by atoms with E-state index in [0.29, 0.717) is 48.5 Å². The van der Waals surface area contributed by atoms with E-state index in [0.717, 1.165) is 41.0 Å². The van der Waals surface area contributed by atoms with Crippen molar-refractivity contribution < 1.29 is 28.7 Å². The lowest BCUT2D eigenvalue weighted by Gasteiger charge is -2.23. The highest BCUT2D eigenvalue weighted by Crippen LogP contribution is 2.47. The number of benzene rings is 3. The van der Waals surface area contributed by atoms with Gasteiger partial charge in [0.2, 0.25) is 5.89 Å². The van der Waals surface area contributed by atoms with Gasteiger partial charge in [0.25, 0.3) is 5.91 Å². The van der Waals surface area contributed by atoms with Gasteiger partial charge >= 0.3 is 6.09 Å². The van der Waals surface area contributed by atoms with E-state index in [-0.39, 0.29) is 5.91 Å². The van der Waals surface area contributed by atoms with Gasteiger partial charge in [0, 0.05) is 40.2 Å². The summed E-state index contributed by atoms with van der Waals surface area (Å²) in [5.74, 6) is 2.49. The number of ether oxygens (including phenoxy) is 2. The SMILES string of the molecule is COc1ccc2c(c1)OCCn1c-2c(C2CCCCC2)c2ccc(C(=O)N[C@@H](Cc3ccc(NC(=O)O)cc3)c3nc(C)no3)cc21. The quantitative estimate of drug-likeness (QED) is 0.162. The summed E-state index contributed by atoms with van der Waals surface area (Å²) in [5, 5.41) is 19.6. The molecule has 3 N–H and O–H groups in total. The minimum absolute atomic E-state index is 0.262. The van der Waals surface area contributed by atoms with Crippen LogP contribution in [-0.2, 0) is 13.0 Å². The molecule has 3 heterocycles. The maximum Gasteiger partial charge on any atom is 0.409 e. The fourth-order valence-corrected chi connectivity index (χ4v) is 7.02. The number of hydrogen-bond acceptors (Lipinski definition) is 7. The fourth-order valence-electron chi connectivity index (χ4n) is 7.02. The van der Waals surface area contributed by atoms with Crippen molar-refractivity contribution >= 4 is 28.6 Å². The molecular formula is C36H37N5O6. The monoisotopic (exact) mass is 635 g/mol. The maximum atomic E-state index is 13.9. The van der Waals surface area contributed by atoms with E-state index < -0.39 is 12.1 Å². The summed E-state index contributed by atoms with van der Waals surface area (Å²) in [6.07, 6.45) is 5.18. The maximum absolute atomic E-state index is 13.9. The van der Waals surface area contributed by atoms with Crippen LogP contribution < -0.4 is 20.1 Å². The standard InChI is InChI=1S/C36H37N5O6/c1-21-37-35(47-40-21)29(18-22-8-11-25(12-9-22)38-36(43)44)39-34(42)24-10-14-27-30(19-24)41-16-17-46-31-20-26(45-2)13-15-28(31)33(41)32(27)23-6-4-3-5-7-23/h8-15,19-20,23,29,38H,3-7,16-18H2,1-2H3,(H,39,42)(H,43,44)/t29-/m0/s1. The molecule has 11 nitrogen and oxygen atoms in total. The number of methoxy groups -OCH3 is 1. The summed E-state index contributed by atoms with van der Waals surface area (Å²) < 4.78 is 19.6. The molecule has 0 spiro atoms. The Morgan fingerprint density at radius 2 is 1.87 bits per heavy atom. The molecule has 1 atom stereocenters. The normalized spacial score (nSPS) is 15.2. The summed E-state index contributed by atoms with van der Waals surface area (Å²) in [6.45, 7) is 2.88. The largest absolute Gasteiger partial charge is 0.497 e. The molecule has 2 aromatic heterocycles. The number of aryl methyl sites for hydroxylation is 1. The van der Waals surface area contributed by atoms with Crippen molar-refractivity contribution in [1.29, 1.82) is 0 Å². The molecule has 0 bridgehead atoms. The van der Waals surface area contributed by atoms with E-state index in [2.05, 4.69) is 37.5 Å². The first-order valence-corrected chi connectivity index (χ1v) is 16.0. The summed E-state index contributed by atoms with van der Waals surface area (Å²) in [6, 6.07) is 18.4. The van der Waals surface area contributed by atoms with E-state index in [9.17, 15) is 9.59 Å². The first-order chi connectivity index (χ1) is 22.9. The molecule has 47 heavy (non-hydrogen) atoms. The van der Waals surface area contributed by atoms with E-state index in [1.807, 2.05) is 24.3 Å². The molecule has 7 rings (SSSR count). The van der Waals surface area contributed by atoms with Crippen LogP contribution in [0.4, 0.5) is 10.5 Å². The molecule has 2 aliphatic rings. The van der Waals surface area contributed by atoms with Gasteiger partial charge in [-0.05, 0) is 73.2 Å². The molecular weight excluding hydrogens is 598 g/mol. The molecule has 0 unspecified atom stereocenters. The second kappa shape index (κ2) is 12.8. The summed E-state index contributed by atoms with van der Waals surface area (Å²) in [5.41, 5.74) is 6.39. The highest BCUT2D eigenvalue weighted by atomic mass is 16.5.